The van der Waals surface area contributed by atoms with E-state index < -0.39 is 0 Å². The number of hydrogen-bond acceptors (Lipinski definition) is 2. The highest BCUT2D eigenvalue weighted by Gasteiger charge is 1.81. The Labute approximate surface area is 77.6 Å². The van der Waals surface area contributed by atoms with Gasteiger partial charge in [0.05, 0.1) is 6.54 Å². The van der Waals surface area contributed by atoms with Gasteiger partial charge < -0.3 is 0 Å². The van der Waals surface area contributed by atoms with Crippen LogP contribution in [0.2, 0.25) is 0 Å². The Kier molecular flexibility index (Phi) is 4.30. The summed E-state index contributed by atoms with van der Waals surface area (Å²) >= 11 is 0. The van der Waals surface area contributed by atoms with Gasteiger partial charge in [-0.1, -0.05) is 42.5 Å². The van der Waals surface area contributed by atoms with Crippen molar-refractivity contribution in [2.75, 3.05) is 6.54 Å². The Morgan fingerprint density at radius 2 is 2.08 bits per heavy atom. The van der Waals surface area contributed by atoms with Gasteiger partial charge in [0.25, 0.3) is 0 Å². The topological polar surface area (TPSA) is 29.4 Å². The van der Waals surface area contributed by atoms with Crippen molar-refractivity contribution in [1.29, 1.82) is 0 Å². The molecule has 0 saturated carbocycles. The quantitative estimate of drug-likeness (QED) is 0.390. The fourth-order valence-electron chi connectivity index (χ4n) is 0.968. The molecule has 1 rings (SSSR count). The summed E-state index contributed by atoms with van der Waals surface area (Å²) < 4.78 is 0. The van der Waals surface area contributed by atoms with Gasteiger partial charge in [0.2, 0.25) is 6.08 Å². The van der Waals surface area contributed by atoms with Crippen LogP contribution in [0, 0.1) is 0 Å². The largest absolute Gasteiger partial charge is 0.234 e. The molecule has 1 aromatic carbocycles. The van der Waals surface area contributed by atoms with Crippen molar-refractivity contribution in [2.24, 2.45) is 4.99 Å². The highest BCUT2D eigenvalue weighted by molar-refractivity contribution is 5.48. The zero-order valence-corrected chi connectivity index (χ0v) is 7.31. The summed E-state index contributed by atoms with van der Waals surface area (Å²) in [4.78, 5) is 13.2. The molecule has 0 bridgehead atoms. The van der Waals surface area contributed by atoms with E-state index in [1.807, 2.05) is 42.5 Å². The summed E-state index contributed by atoms with van der Waals surface area (Å²) in [5, 5.41) is 0. The second-order valence-corrected chi connectivity index (χ2v) is 2.57. The van der Waals surface area contributed by atoms with E-state index in [0.29, 0.717) is 6.54 Å². The van der Waals surface area contributed by atoms with Gasteiger partial charge in [0, 0.05) is 0 Å². The zero-order chi connectivity index (χ0) is 9.36. The maximum Gasteiger partial charge on any atom is 0.234 e. The maximum atomic E-state index is 9.72. The van der Waals surface area contributed by atoms with Crippen LogP contribution in [0.3, 0.4) is 0 Å². The lowest BCUT2D eigenvalue weighted by Crippen LogP contribution is -1.74. The van der Waals surface area contributed by atoms with Crippen LogP contribution in [-0.2, 0) is 4.79 Å². The molecule has 0 heterocycles. The Morgan fingerprint density at radius 3 is 2.77 bits per heavy atom. The molecule has 0 unspecified atom stereocenters. The van der Waals surface area contributed by atoms with Gasteiger partial charge >= 0.3 is 0 Å². The van der Waals surface area contributed by atoms with Gasteiger partial charge in [-0.05, 0) is 12.0 Å². The molecule has 66 valence electrons. The van der Waals surface area contributed by atoms with E-state index in [9.17, 15) is 4.79 Å². The third-order valence-electron chi connectivity index (χ3n) is 1.58. The molecule has 0 N–H and O–H groups in total. The van der Waals surface area contributed by atoms with Crippen molar-refractivity contribution >= 4 is 12.2 Å². The normalized spacial score (nSPS) is 9.85. The fourth-order valence-corrected chi connectivity index (χ4v) is 0.968. The van der Waals surface area contributed by atoms with E-state index in [0.717, 1.165) is 12.0 Å². The maximum absolute atomic E-state index is 9.72. The van der Waals surface area contributed by atoms with E-state index in [2.05, 4.69) is 4.99 Å². The third kappa shape index (κ3) is 4.04. The molecule has 1 aromatic rings. The van der Waals surface area contributed by atoms with Crippen molar-refractivity contribution in [3.8, 4) is 0 Å². The molecular weight excluding hydrogens is 162 g/mol. The molecule has 0 saturated heterocycles. The second kappa shape index (κ2) is 5.92. The first-order valence-electron chi connectivity index (χ1n) is 4.18. The number of benzene rings is 1. The highest BCUT2D eigenvalue weighted by atomic mass is 16.1. The van der Waals surface area contributed by atoms with Crippen molar-refractivity contribution in [1.82, 2.24) is 0 Å². The van der Waals surface area contributed by atoms with Crippen molar-refractivity contribution in [2.45, 2.75) is 6.42 Å². The number of rotatable bonds is 4. The van der Waals surface area contributed by atoms with E-state index >= 15 is 0 Å². The van der Waals surface area contributed by atoms with Crippen molar-refractivity contribution in [3.05, 3.63) is 42.0 Å². The van der Waals surface area contributed by atoms with Gasteiger partial charge in [-0.3, -0.25) is 0 Å². The monoisotopic (exact) mass is 173 g/mol. The van der Waals surface area contributed by atoms with E-state index in [-0.39, 0.29) is 0 Å². The number of nitrogens with zero attached hydrogens (tertiary/aromatic N) is 1. The van der Waals surface area contributed by atoms with Gasteiger partial charge in [-0.25, -0.2) is 9.79 Å². The predicted molar refractivity (Wildman–Crippen MR) is 53.1 cm³/mol. The lowest BCUT2D eigenvalue weighted by atomic mass is 10.2. The first-order chi connectivity index (χ1) is 6.43. The van der Waals surface area contributed by atoms with Gasteiger partial charge in [0.15, 0.2) is 0 Å². The molecule has 0 radical (unpaired) electrons. The van der Waals surface area contributed by atoms with Crippen LogP contribution in [-0.4, -0.2) is 12.6 Å². The Hall–Kier alpha value is -1.66. The minimum absolute atomic E-state index is 0.521. The van der Waals surface area contributed by atoms with Crippen LogP contribution in [0.1, 0.15) is 12.0 Å². The van der Waals surface area contributed by atoms with Crippen LogP contribution < -0.4 is 0 Å². The SMILES string of the molecule is O=C=NCCC=Cc1ccccc1. The molecule has 0 amide bonds. The summed E-state index contributed by atoms with van der Waals surface area (Å²) in [6.45, 7) is 0.521. The lowest BCUT2D eigenvalue weighted by Gasteiger charge is -1.89. The molecule has 0 fully saturated rings. The molecule has 0 aliphatic carbocycles. The first-order valence-corrected chi connectivity index (χ1v) is 4.18. The molecule has 2 nitrogen and oxygen atoms in total. The van der Waals surface area contributed by atoms with Crippen LogP contribution in [0.15, 0.2) is 41.4 Å². The number of isocyanates is 1. The average molecular weight is 173 g/mol. The second-order valence-electron chi connectivity index (χ2n) is 2.57. The van der Waals surface area contributed by atoms with E-state index in [4.69, 9.17) is 0 Å². The fraction of sp³-hybridized carbons (Fsp3) is 0.182. The van der Waals surface area contributed by atoms with Gasteiger partial charge in [0.1, 0.15) is 0 Å². The Bertz CT molecular complexity index is 310. The van der Waals surface area contributed by atoms with Crippen LogP contribution in [0.25, 0.3) is 6.08 Å². The van der Waals surface area contributed by atoms with E-state index in [1.54, 1.807) is 0 Å². The zero-order valence-electron chi connectivity index (χ0n) is 7.31. The van der Waals surface area contributed by atoms with Crippen LogP contribution >= 0.6 is 0 Å². The smallest absolute Gasteiger partial charge is 0.211 e. The van der Waals surface area contributed by atoms with Crippen molar-refractivity contribution < 1.29 is 4.79 Å². The van der Waals surface area contributed by atoms with E-state index in [1.165, 1.54) is 6.08 Å². The number of carbonyl (C=O) groups excluding carboxylic acids is 1. The standard InChI is InChI=1S/C11H11NO/c13-10-12-9-5-4-8-11-6-2-1-3-7-11/h1-4,6-8H,5,9H2. The molecule has 0 aliphatic rings. The van der Waals surface area contributed by atoms with Gasteiger partial charge in [-0.2, -0.15) is 0 Å². The number of hydrogen-bond donors (Lipinski definition) is 0. The third-order valence-corrected chi connectivity index (χ3v) is 1.58. The minimum Gasteiger partial charge on any atom is -0.211 e. The first kappa shape index (κ1) is 9.43. The van der Waals surface area contributed by atoms with Crippen molar-refractivity contribution in [3.63, 3.8) is 0 Å². The summed E-state index contributed by atoms with van der Waals surface area (Å²) in [5.41, 5.74) is 1.16. The summed E-state index contributed by atoms with van der Waals surface area (Å²) in [6, 6.07) is 10.0. The molecular formula is C11H11NO. The summed E-state index contributed by atoms with van der Waals surface area (Å²) in [7, 11) is 0. The predicted octanol–water partition coefficient (Wildman–Crippen LogP) is 2.43. The van der Waals surface area contributed by atoms with Crippen LogP contribution in [0.4, 0.5) is 0 Å². The summed E-state index contributed by atoms with van der Waals surface area (Å²) in [6.07, 6.45) is 6.30. The minimum atomic E-state index is 0.521. The summed E-state index contributed by atoms with van der Waals surface area (Å²) in [5.74, 6) is 0. The molecule has 13 heavy (non-hydrogen) atoms. The molecule has 2 heteroatoms. The van der Waals surface area contributed by atoms with Gasteiger partial charge in [-0.15, -0.1) is 0 Å². The molecule has 0 aromatic heterocycles. The highest BCUT2D eigenvalue weighted by Crippen LogP contribution is 2.01. The van der Waals surface area contributed by atoms with Crippen LogP contribution in [0.5, 0.6) is 0 Å². The number of aliphatic imine (C=N–C) groups is 1. The molecule has 0 spiro atoms. The Balaban J connectivity index is 2.36. The Morgan fingerprint density at radius 1 is 1.31 bits per heavy atom. The molecule has 0 atom stereocenters. The average Bonchev–Trinajstić information content (AvgIpc) is 2.19. The molecule has 0 aliphatic heterocycles. The lowest BCUT2D eigenvalue weighted by molar-refractivity contribution is 0.563.